The van der Waals surface area contributed by atoms with E-state index in [2.05, 4.69) is 4.98 Å². The van der Waals surface area contributed by atoms with Crippen molar-refractivity contribution in [1.82, 2.24) is 4.98 Å². The highest BCUT2D eigenvalue weighted by Gasteiger charge is 2.17. The maximum Gasteiger partial charge on any atom is 0.257 e. The predicted molar refractivity (Wildman–Crippen MR) is 108 cm³/mol. The Labute approximate surface area is 166 Å². The first kappa shape index (κ1) is 17.8. The molecular weight excluding hydrogens is 381 g/mol. The van der Waals surface area contributed by atoms with E-state index in [0.29, 0.717) is 27.3 Å². The average molecular weight is 396 g/mol. The first-order chi connectivity index (χ1) is 13.2. The standard InChI is InChI=1S/C22H15ClFNOS/c23-18-12-11-17(19(24)13-18)14-27-22-25-20(15-7-3-1-4-8-15)21(26-22)16-9-5-2-6-10-16/h1-13H,14H2. The van der Waals surface area contributed by atoms with Gasteiger partial charge in [-0.3, -0.25) is 0 Å². The summed E-state index contributed by atoms with van der Waals surface area (Å²) in [6.07, 6.45) is 0. The molecule has 1 heterocycles. The lowest BCUT2D eigenvalue weighted by Gasteiger charge is -2.01. The van der Waals surface area contributed by atoms with Crippen molar-refractivity contribution in [3.8, 4) is 22.6 Å². The molecule has 0 fully saturated rings. The van der Waals surface area contributed by atoms with Crippen molar-refractivity contribution in [2.45, 2.75) is 11.0 Å². The quantitative estimate of drug-likeness (QED) is 0.337. The van der Waals surface area contributed by atoms with Crippen LogP contribution in [0.1, 0.15) is 5.56 Å². The summed E-state index contributed by atoms with van der Waals surface area (Å²) in [6.45, 7) is 0. The Kier molecular flexibility index (Phi) is 5.28. The molecule has 0 radical (unpaired) electrons. The van der Waals surface area contributed by atoms with Gasteiger partial charge in [0.25, 0.3) is 5.22 Å². The van der Waals surface area contributed by atoms with Crippen molar-refractivity contribution < 1.29 is 8.81 Å². The summed E-state index contributed by atoms with van der Waals surface area (Å²) in [6, 6.07) is 24.4. The van der Waals surface area contributed by atoms with Crippen LogP contribution < -0.4 is 0 Å². The van der Waals surface area contributed by atoms with E-state index >= 15 is 0 Å². The van der Waals surface area contributed by atoms with Gasteiger partial charge in [0, 0.05) is 21.9 Å². The molecule has 0 aliphatic rings. The molecule has 134 valence electrons. The number of halogens is 2. The number of hydrogen-bond donors (Lipinski definition) is 0. The molecule has 0 aliphatic carbocycles. The number of nitrogens with zero attached hydrogens (tertiary/aromatic N) is 1. The maximum atomic E-state index is 14.0. The van der Waals surface area contributed by atoms with Crippen molar-refractivity contribution >= 4 is 23.4 Å². The van der Waals surface area contributed by atoms with Gasteiger partial charge >= 0.3 is 0 Å². The molecule has 0 N–H and O–H groups in total. The van der Waals surface area contributed by atoms with Gasteiger partial charge in [0.05, 0.1) is 0 Å². The number of aromatic nitrogens is 1. The zero-order valence-electron chi connectivity index (χ0n) is 14.2. The van der Waals surface area contributed by atoms with Crippen LogP contribution in [0.3, 0.4) is 0 Å². The summed E-state index contributed by atoms with van der Waals surface area (Å²) in [5.41, 5.74) is 3.27. The Morgan fingerprint density at radius 1 is 0.889 bits per heavy atom. The van der Waals surface area contributed by atoms with Crippen LogP contribution in [0, 0.1) is 5.82 Å². The van der Waals surface area contributed by atoms with Gasteiger partial charge in [0.15, 0.2) is 5.76 Å². The van der Waals surface area contributed by atoms with Gasteiger partial charge in [0.1, 0.15) is 11.5 Å². The number of rotatable bonds is 5. The zero-order chi connectivity index (χ0) is 18.6. The Hall–Kier alpha value is -2.56. The van der Waals surface area contributed by atoms with E-state index in [1.165, 1.54) is 17.8 Å². The second-order valence-electron chi connectivity index (χ2n) is 5.91. The van der Waals surface area contributed by atoms with E-state index in [-0.39, 0.29) is 5.82 Å². The van der Waals surface area contributed by atoms with E-state index in [4.69, 9.17) is 16.0 Å². The molecule has 0 saturated heterocycles. The molecule has 0 atom stereocenters. The minimum atomic E-state index is -0.326. The summed E-state index contributed by atoms with van der Waals surface area (Å²) in [5.74, 6) is 0.792. The Bertz CT molecular complexity index is 994. The minimum Gasteiger partial charge on any atom is -0.431 e. The molecule has 0 amide bonds. The highest BCUT2D eigenvalue weighted by Crippen LogP contribution is 2.36. The summed E-state index contributed by atoms with van der Waals surface area (Å²) in [4.78, 5) is 4.67. The van der Waals surface area contributed by atoms with Crippen LogP contribution in [0.4, 0.5) is 4.39 Å². The van der Waals surface area contributed by atoms with Crippen LogP contribution in [-0.2, 0) is 5.75 Å². The van der Waals surface area contributed by atoms with Gasteiger partial charge in [-0.1, -0.05) is 90.1 Å². The Balaban J connectivity index is 1.67. The number of benzene rings is 3. The SMILES string of the molecule is Fc1cc(Cl)ccc1CSc1nc(-c2ccccc2)c(-c2ccccc2)o1. The van der Waals surface area contributed by atoms with Gasteiger partial charge in [-0.2, -0.15) is 0 Å². The molecule has 4 rings (SSSR count). The van der Waals surface area contributed by atoms with Crippen LogP contribution in [0.15, 0.2) is 88.5 Å². The molecule has 0 saturated carbocycles. The molecule has 2 nitrogen and oxygen atoms in total. The van der Waals surface area contributed by atoms with Crippen molar-refractivity contribution in [3.63, 3.8) is 0 Å². The smallest absolute Gasteiger partial charge is 0.257 e. The first-order valence-corrected chi connectivity index (χ1v) is 9.75. The van der Waals surface area contributed by atoms with Gasteiger partial charge < -0.3 is 4.42 Å². The van der Waals surface area contributed by atoms with E-state index in [0.717, 1.165) is 16.8 Å². The monoisotopic (exact) mass is 395 g/mol. The molecule has 0 bridgehead atoms. The highest BCUT2D eigenvalue weighted by atomic mass is 35.5. The first-order valence-electron chi connectivity index (χ1n) is 8.39. The van der Waals surface area contributed by atoms with Crippen molar-refractivity contribution in [1.29, 1.82) is 0 Å². The second-order valence-corrected chi connectivity index (χ2v) is 7.28. The van der Waals surface area contributed by atoms with Gasteiger partial charge in [-0.15, -0.1) is 0 Å². The lowest BCUT2D eigenvalue weighted by Crippen LogP contribution is -1.87. The third-order valence-corrected chi connectivity index (χ3v) is 5.17. The molecule has 27 heavy (non-hydrogen) atoms. The van der Waals surface area contributed by atoms with Gasteiger partial charge in [0.2, 0.25) is 0 Å². The van der Waals surface area contributed by atoms with Crippen molar-refractivity contribution in [3.05, 3.63) is 95.3 Å². The van der Waals surface area contributed by atoms with Gasteiger partial charge in [-0.25, -0.2) is 9.37 Å². The zero-order valence-corrected chi connectivity index (χ0v) is 15.8. The topological polar surface area (TPSA) is 26.0 Å². The van der Waals surface area contributed by atoms with Gasteiger partial charge in [-0.05, 0) is 17.7 Å². The predicted octanol–water partition coefficient (Wildman–Crippen LogP) is 7.09. The van der Waals surface area contributed by atoms with E-state index < -0.39 is 0 Å². The average Bonchev–Trinajstić information content (AvgIpc) is 3.13. The molecule has 3 aromatic carbocycles. The number of thioether (sulfide) groups is 1. The molecule has 0 spiro atoms. The fraction of sp³-hybridized carbons (Fsp3) is 0.0455. The van der Waals surface area contributed by atoms with Crippen LogP contribution in [0.2, 0.25) is 5.02 Å². The lowest BCUT2D eigenvalue weighted by molar-refractivity contribution is 0.466. The fourth-order valence-electron chi connectivity index (χ4n) is 2.72. The number of oxazole rings is 1. The van der Waals surface area contributed by atoms with Crippen LogP contribution >= 0.6 is 23.4 Å². The second kappa shape index (κ2) is 7.99. The Morgan fingerprint density at radius 3 is 2.22 bits per heavy atom. The van der Waals surface area contributed by atoms with Crippen molar-refractivity contribution in [2.75, 3.05) is 0 Å². The van der Waals surface area contributed by atoms with E-state index in [9.17, 15) is 4.39 Å². The fourth-order valence-corrected chi connectivity index (χ4v) is 3.69. The summed E-state index contributed by atoms with van der Waals surface area (Å²) in [5, 5.41) is 0.886. The molecule has 0 aliphatic heterocycles. The van der Waals surface area contributed by atoms with Crippen LogP contribution in [0.5, 0.6) is 0 Å². The maximum absolute atomic E-state index is 14.0. The Morgan fingerprint density at radius 2 is 1.56 bits per heavy atom. The summed E-state index contributed by atoms with van der Waals surface area (Å²) < 4.78 is 20.1. The normalized spacial score (nSPS) is 10.9. The van der Waals surface area contributed by atoms with Crippen molar-refractivity contribution in [2.24, 2.45) is 0 Å². The lowest BCUT2D eigenvalue weighted by atomic mass is 10.1. The van der Waals surface area contributed by atoms with E-state index in [1.807, 2.05) is 60.7 Å². The third-order valence-electron chi connectivity index (χ3n) is 4.06. The highest BCUT2D eigenvalue weighted by molar-refractivity contribution is 7.98. The molecule has 0 unspecified atom stereocenters. The van der Waals surface area contributed by atoms with E-state index in [1.54, 1.807) is 12.1 Å². The summed E-state index contributed by atoms with van der Waals surface area (Å²) >= 11 is 7.17. The third kappa shape index (κ3) is 4.07. The number of hydrogen-bond acceptors (Lipinski definition) is 3. The summed E-state index contributed by atoms with van der Waals surface area (Å²) in [7, 11) is 0. The molecule has 1 aromatic heterocycles. The molecular formula is C22H15ClFNOS. The van der Waals surface area contributed by atoms with Crippen LogP contribution in [0.25, 0.3) is 22.6 Å². The molecule has 4 aromatic rings. The van der Waals surface area contributed by atoms with Crippen LogP contribution in [-0.4, -0.2) is 4.98 Å². The molecule has 5 heteroatoms. The largest absolute Gasteiger partial charge is 0.431 e. The minimum absolute atomic E-state index is 0.326.